The molecular formula is C14H26N2OS. The monoisotopic (exact) mass is 270 g/mol. The summed E-state index contributed by atoms with van der Waals surface area (Å²) in [7, 11) is 0. The van der Waals surface area contributed by atoms with E-state index in [1.165, 1.54) is 25.7 Å². The number of carbonyl (C=O) groups excluding carboxylic acids is 1. The molecule has 4 heteroatoms. The van der Waals surface area contributed by atoms with Crippen LogP contribution in [0.2, 0.25) is 0 Å². The van der Waals surface area contributed by atoms with Gasteiger partial charge in [-0.3, -0.25) is 4.79 Å². The molecule has 0 unspecified atom stereocenters. The second-order valence-corrected chi connectivity index (χ2v) is 7.38. The molecule has 0 spiro atoms. The van der Waals surface area contributed by atoms with Crippen LogP contribution in [0.4, 0.5) is 0 Å². The van der Waals surface area contributed by atoms with E-state index in [0.29, 0.717) is 17.2 Å². The quantitative estimate of drug-likeness (QED) is 0.855. The molecule has 0 aromatic rings. The number of hydrogen-bond acceptors (Lipinski definition) is 3. The van der Waals surface area contributed by atoms with Gasteiger partial charge in [-0.05, 0) is 25.2 Å². The summed E-state index contributed by atoms with van der Waals surface area (Å²) < 4.78 is 0. The molecule has 3 nitrogen and oxygen atoms in total. The van der Waals surface area contributed by atoms with Crippen molar-refractivity contribution in [3.05, 3.63) is 0 Å². The third-order valence-corrected chi connectivity index (χ3v) is 5.45. The van der Waals surface area contributed by atoms with Gasteiger partial charge >= 0.3 is 0 Å². The minimum Gasteiger partial charge on any atom is -0.336 e. The lowest BCUT2D eigenvalue weighted by molar-refractivity contribution is -0.135. The molecule has 0 bridgehead atoms. The number of nitrogens with two attached hydrogens (primary N) is 1. The zero-order valence-electron chi connectivity index (χ0n) is 11.6. The number of hydrogen-bond donors (Lipinski definition) is 1. The average molecular weight is 270 g/mol. The molecule has 1 saturated carbocycles. The van der Waals surface area contributed by atoms with Gasteiger partial charge in [0.1, 0.15) is 0 Å². The van der Waals surface area contributed by atoms with E-state index in [-0.39, 0.29) is 11.9 Å². The van der Waals surface area contributed by atoms with Crippen LogP contribution in [0.1, 0.15) is 46.0 Å². The summed E-state index contributed by atoms with van der Waals surface area (Å²) in [4.78, 5) is 14.6. The molecule has 2 N–H and O–H groups in total. The van der Waals surface area contributed by atoms with Crippen LogP contribution < -0.4 is 5.73 Å². The van der Waals surface area contributed by atoms with Crippen molar-refractivity contribution in [2.24, 2.45) is 11.7 Å². The highest BCUT2D eigenvalue weighted by atomic mass is 32.2. The Labute approximate surface area is 115 Å². The second-order valence-electron chi connectivity index (χ2n) is 6.03. The predicted octanol–water partition coefficient (Wildman–Crippen LogP) is 2.25. The van der Waals surface area contributed by atoms with Crippen molar-refractivity contribution in [1.29, 1.82) is 0 Å². The summed E-state index contributed by atoms with van der Waals surface area (Å²) in [5, 5.41) is 0.669. The molecule has 1 saturated heterocycles. The molecule has 0 aromatic heterocycles. The van der Waals surface area contributed by atoms with Gasteiger partial charge in [0.2, 0.25) is 5.91 Å². The fourth-order valence-corrected chi connectivity index (χ4v) is 4.64. The summed E-state index contributed by atoms with van der Waals surface area (Å²) in [6.07, 6.45) is 5.86. The van der Waals surface area contributed by atoms with Gasteiger partial charge in [-0.1, -0.05) is 26.7 Å². The minimum absolute atomic E-state index is 0.195. The molecule has 2 rings (SSSR count). The van der Waals surface area contributed by atoms with E-state index in [9.17, 15) is 4.79 Å². The van der Waals surface area contributed by atoms with Gasteiger partial charge in [-0.25, -0.2) is 0 Å². The van der Waals surface area contributed by atoms with Gasteiger partial charge in [0.15, 0.2) is 0 Å². The Hall–Kier alpha value is -0.220. The highest BCUT2D eigenvalue weighted by Gasteiger charge is 2.37. The third-order valence-electron chi connectivity index (χ3n) is 4.06. The Morgan fingerprint density at radius 1 is 1.39 bits per heavy atom. The van der Waals surface area contributed by atoms with Crippen LogP contribution in [-0.2, 0) is 4.79 Å². The van der Waals surface area contributed by atoms with Crippen LogP contribution in [-0.4, -0.2) is 40.4 Å². The maximum Gasteiger partial charge on any atom is 0.239 e. The summed E-state index contributed by atoms with van der Waals surface area (Å²) in [6, 6.07) is 0.166. The third kappa shape index (κ3) is 3.21. The first kappa shape index (κ1) is 14.2. The van der Waals surface area contributed by atoms with Crippen LogP contribution in [0.5, 0.6) is 0 Å². The Balaban J connectivity index is 1.99. The molecule has 1 aliphatic carbocycles. The van der Waals surface area contributed by atoms with Crippen molar-refractivity contribution < 1.29 is 4.79 Å². The molecule has 1 heterocycles. The topological polar surface area (TPSA) is 46.3 Å². The molecule has 0 aromatic carbocycles. The summed E-state index contributed by atoms with van der Waals surface area (Å²) >= 11 is 2.06. The fourth-order valence-electron chi connectivity index (χ4n) is 3.19. The van der Waals surface area contributed by atoms with E-state index >= 15 is 0 Å². The predicted molar refractivity (Wildman–Crippen MR) is 77.6 cm³/mol. The largest absolute Gasteiger partial charge is 0.336 e. The fraction of sp³-hybridized carbons (Fsp3) is 0.929. The van der Waals surface area contributed by atoms with Crippen LogP contribution >= 0.6 is 11.8 Å². The molecule has 0 radical (unpaired) electrons. The Morgan fingerprint density at radius 3 is 2.83 bits per heavy atom. The van der Waals surface area contributed by atoms with Gasteiger partial charge in [-0.15, -0.1) is 0 Å². The second kappa shape index (κ2) is 6.29. The molecule has 104 valence electrons. The standard InChI is InChI=1S/C14H26N2OS/c1-10(2)9-11(15)14(17)16-7-8-18-13-6-4-3-5-12(13)16/h10-13H,3-9,15H2,1-2H3/t11-,12+,13-/m0/s1. The molecule has 1 amide bonds. The van der Waals surface area contributed by atoms with Crippen LogP contribution in [0.15, 0.2) is 0 Å². The Bertz CT molecular complexity index is 294. The molecule has 1 aliphatic heterocycles. The first-order valence-corrected chi connectivity index (χ1v) is 8.32. The van der Waals surface area contributed by atoms with Gasteiger partial charge in [0.05, 0.1) is 6.04 Å². The first-order valence-electron chi connectivity index (χ1n) is 7.27. The van der Waals surface area contributed by atoms with Crippen molar-refractivity contribution >= 4 is 17.7 Å². The van der Waals surface area contributed by atoms with E-state index in [1.54, 1.807) is 0 Å². The number of thioether (sulfide) groups is 1. The van der Waals surface area contributed by atoms with Crippen LogP contribution in [0.3, 0.4) is 0 Å². The lowest BCUT2D eigenvalue weighted by atomic mass is 9.92. The first-order chi connectivity index (χ1) is 8.59. The lowest BCUT2D eigenvalue weighted by Crippen LogP contribution is -2.56. The van der Waals surface area contributed by atoms with E-state index in [0.717, 1.165) is 18.7 Å². The highest BCUT2D eigenvalue weighted by molar-refractivity contribution is 8.00. The number of carbonyl (C=O) groups is 1. The molecule has 2 fully saturated rings. The van der Waals surface area contributed by atoms with Crippen molar-refractivity contribution in [2.75, 3.05) is 12.3 Å². The van der Waals surface area contributed by atoms with E-state index in [2.05, 4.69) is 30.5 Å². The maximum absolute atomic E-state index is 12.5. The number of fused-ring (bicyclic) bond motifs is 1. The van der Waals surface area contributed by atoms with Crippen LogP contribution in [0.25, 0.3) is 0 Å². The van der Waals surface area contributed by atoms with Gasteiger partial charge in [0, 0.05) is 23.6 Å². The summed E-state index contributed by atoms with van der Waals surface area (Å²) in [5.41, 5.74) is 6.07. The average Bonchev–Trinajstić information content (AvgIpc) is 2.36. The van der Waals surface area contributed by atoms with Crippen molar-refractivity contribution in [2.45, 2.75) is 63.3 Å². The lowest BCUT2D eigenvalue weighted by Gasteiger charge is -2.44. The summed E-state index contributed by atoms with van der Waals surface area (Å²) in [6.45, 7) is 5.15. The van der Waals surface area contributed by atoms with Crippen molar-refractivity contribution in [3.63, 3.8) is 0 Å². The Morgan fingerprint density at radius 2 is 2.11 bits per heavy atom. The molecule has 3 atom stereocenters. The van der Waals surface area contributed by atoms with E-state index in [4.69, 9.17) is 5.73 Å². The normalized spacial score (nSPS) is 30.1. The maximum atomic E-state index is 12.5. The smallest absolute Gasteiger partial charge is 0.239 e. The SMILES string of the molecule is CC(C)C[C@H](N)C(=O)N1CCS[C@H]2CCCC[C@H]21. The zero-order chi connectivity index (χ0) is 13.1. The molecular weight excluding hydrogens is 244 g/mol. The van der Waals surface area contributed by atoms with Gasteiger partial charge in [0.25, 0.3) is 0 Å². The van der Waals surface area contributed by atoms with Gasteiger partial charge < -0.3 is 10.6 Å². The van der Waals surface area contributed by atoms with Crippen molar-refractivity contribution in [1.82, 2.24) is 4.90 Å². The zero-order valence-corrected chi connectivity index (χ0v) is 12.4. The number of nitrogens with zero attached hydrogens (tertiary/aromatic N) is 1. The highest BCUT2D eigenvalue weighted by Crippen LogP contribution is 2.35. The summed E-state index contributed by atoms with van der Waals surface area (Å²) in [5.74, 6) is 1.77. The van der Waals surface area contributed by atoms with E-state index in [1.807, 2.05) is 0 Å². The minimum atomic E-state index is -0.296. The van der Waals surface area contributed by atoms with E-state index < -0.39 is 0 Å². The van der Waals surface area contributed by atoms with Crippen molar-refractivity contribution in [3.8, 4) is 0 Å². The molecule has 2 aliphatic rings. The van der Waals surface area contributed by atoms with Gasteiger partial charge in [-0.2, -0.15) is 11.8 Å². The number of amides is 1. The number of rotatable bonds is 3. The van der Waals surface area contributed by atoms with Crippen LogP contribution in [0, 0.1) is 5.92 Å². The Kier molecular flexibility index (Phi) is 4.96. The molecule has 18 heavy (non-hydrogen) atoms.